The molecule has 0 radical (unpaired) electrons. The van der Waals surface area contributed by atoms with E-state index < -0.39 is 0 Å². The van der Waals surface area contributed by atoms with Gasteiger partial charge in [-0.2, -0.15) is 0 Å². The Kier molecular flexibility index (Phi) is 5.55. The molecule has 5 nitrogen and oxygen atoms in total. The predicted octanol–water partition coefficient (Wildman–Crippen LogP) is 2.53. The third-order valence-corrected chi connectivity index (χ3v) is 4.00. The molecule has 5 heteroatoms. The van der Waals surface area contributed by atoms with Crippen molar-refractivity contribution in [3.05, 3.63) is 23.8 Å². The van der Waals surface area contributed by atoms with Gasteiger partial charge in [0.2, 0.25) is 11.8 Å². The van der Waals surface area contributed by atoms with E-state index in [9.17, 15) is 9.59 Å². The molecule has 0 bridgehead atoms. The van der Waals surface area contributed by atoms with Gasteiger partial charge in [-0.1, -0.05) is 19.9 Å². The van der Waals surface area contributed by atoms with Crippen LogP contribution in [-0.4, -0.2) is 24.9 Å². The number of rotatable bonds is 4. The van der Waals surface area contributed by atoms with Crippen molar-refractivity contribution in [2.45, 2.75) is 33.6 Å². The molecule has 22 heavy (non-hydrogen) atoms. The van der Waals surface area contributed by atoms with Gasteiger partial charge in [0.25, 0.3) is 0 Å². The molecule has 1 aliphatic rings. The second-order valence-electron chi connectivity index (χ2n) is 6.19. The van der Waals surface area contributed by atoms with E-state index in [0.29, 0.717) is 5.69 Å². The fraction of sp³-hybridized carbons (Fsp3) is 0.529. The average molecular weight is 303 g/mol. The second kappa shape index (κ2) is 7.40. The third kappa shape index (κ3) is 4.31. The fourth-order valence-electron chi connectivity index (χ4n) is 2.44. The van der Waals surface area contributed by atoms with Crippen LogP contribution in [0, 0.1) is 18.8 Å². The number of benzene rings is 1. The highest BCUT2D eigenvalue weighted by atomic mass is 16.2. The Morgan fingerprint density at radius 3 is 2.50 bits per heavy atom. The summed E-state index contributed by atoms with van der Waals surface area (Å²) < 4.78 is 0. The smallest absolute Gasteiger partial charge is 0.227 e. The first kappa shape index (κ1) is 16.5. The van der Waals surface area contributed by atoms with Gasteiger partial charge in [-0.3, -0.25) is 9.59 Å². The summed E-state index contributed by atoms with van der Waals surface area (Å²) in [5.41, 5.74) is 2.47. The van der Waals surface area contributed by atoms with Crippen LogP contribution in [0.1, 0.15) is 32.3 Å². The normalized spacial score (nSPS) is 15.6. The molecule has 3 N–H and O–H groups in total. The molecular weight excluding hydrogens is 278 g/mol. The SMILES string of the molecule is Cc1ccc(NC(=O)C(C)C)cc1NC(=O)C1CCNCC1. The van der Waals surface area contributed by atoms with Gasteiger partial charge in [-0.25, -0.2) is 0 Å². The maximum Gasteiger partial charge on any atom is 0.227 e. The van der Waals surface area contributed by atoms with E-state index in [2.05, 4.69) is 16.0 Å². The number of amides is 2. The molecule has 1 saturated heterocycles. The number of hydrogen-bond donors (Lipinski definition) is 3. The molecule has 0 unspecified atom stereocenters. The Hall–Kier alpha value is -1.88. The molecule has 0 saturated carbocycles. The van der Waals surface area contributed by atoms with Gasteiger partial charge in [-0.05, 0) is 50.6 Å². The number of anilines is 2. The van der Waals surface area contributed by atoms with Crippen LogP contribution in [0.4, 0.5) is 11.4 Å². The van der Waals surface area contributed by atoms with Crippen molar-refractivity contribution in [2.24, 2.45) is 11.8 Å². The lowest BCUT2D eigenvalue weighted by atomic mass is 9.97. The van der Waals surface area contributed by atoms with E-state index in [1.54, 1.807) is 0 Å². The Labute approximate surface area is 131 Å². The first-order chi connectivity index (χ1) is 10.5. The first-order valence-electron chi connectivity index (χ1n) is 7.90. The fourth-order valence-corrected chi connectivity index (χ4v) is 2.44. The lowest BCUT2D eigenvalue weighted by Crippen LogP contribution is -2.34. The molecule has 1 aliphatic heterocycles. The minimum absolute atomic E-state index is 0.0283. The van der Waals surface area contributed by atoms with E-state index in [1.807, 2.05) is 39.0 Å². The van der Waals surface area contributed by atoms with Crippen molar-refractivity contribution in [3.63, 3.8) is 0 Å². The molecule has 0 atom stereocenters. The zero-order valence-corrected chi connectivity index (χ0v) is 13.5. The zero-order chi connectivity index (χ0) is 16.1. The maximum atomic E-state index is 12.3. The van der Waals surface area contributed by atoms with Gasteiger partial charge in [0.1, 0.15) is 0 Å². The second-order valence-corrected chi connectivity index (χ2v) is 6.19. The van der Waals surface area contributed by atoms with Crippen molar-refractivity contribution >= 4 is 23.2 Å². The average Bonchev–Trinajstić information content (AvgIpc) is 2.51. The molecule has 0 aromatic heterocycles. The molecule has 0 aliphatic carbocycles. The number of piperidine rings is 1. The first-order valence-corrected chi connectivity index (χ1v) is 7.90. The lowest BCUT2D eigenvalue weighted by molar-refractivity contribution is -0.120. The van der Waals surface area contributed by atoms with E-state index >= 15 is 0 Å². The van der Waals surface area contributed by atoms with Crippen LogP contribution in [0.3, 0.4) is 0 Å². The van der Waals surface area contributed by atoms with E-state index in [4.69, 9.17) is 0 Å². The number of hydrogen-bond acceptors (Lipinski definition) is 3. The molecule has 1 heterocycles. The minimum atomic E-state index is -0.0749. The van der Waals surface area contributed by atoms with Gasteiger partial charge in [0.05, 0.1) is 0 Å². The number of nitrogens with one attached hydrogen (secondary N) is 3. The van der Waals surface area contributed by atoms with E-state index in [-0.39, 0.29) is 23.7 Å². The highest BCUT2D eigenvalue weighted by Crippen LogP contribution is 2.23. The predicted molar refractivity (Wildman–Crippen MR) is 88.9 cm³/mol. The maximum absolute atomic E-state index is 12.3. The van der Waals surface area contributed by atoms with Gasteiger partial charge >= 0.3 is 0 Å². The third-order valence-electron chi connectivity index (χ3n) is 4.00. The van der Waals surface area contributed by atoms with Crippen molar-refractivity contribution in [2.75, 3.05) is 23.7 Å². The largest absolute Gasteiger partial charge is 0.326 e. The lowest BCUT2D eigenvalue weighted by Gasteiger charge is -2.22. The number of carbonyl (C=O) groups is 2. The van der Waals surface area contributed by atoms with Crippen LogP contribution in [0.15, 0.2) is 18.2 Å². The van der Waals surface area contributed by atoms with Crippen LogP contribution in [0.2, 0.25) is 0 Å². The minimum Gasteiger partial charge on any atom is -0.326 e. The molecular formula is C17H25N3O2. The molecule has 120 valence electrons. The Morgan fingerprint density at radius 2 is 1.86 bits per heavy atom. The summed E-state index contributed by atoms with van der Waals surface area (Å²) >= 11 is 0. The summed E-state index contributed by atoms with van der Waals surface area (Å²) in [6.45, 7) is 7.43. The van der Waals surface area contributed by atoms with Crippen molar-refractivity contribution in [3.8, 4) is 0 Å². The van der Waals surface area contributed by atoms with Crippen LogP contribution in [-0.2, 0) is 9.59 Å². The highest BCUT2D eigenvalue weighted by Gasteiger charge is 2.21. The molecule has 2 amide bonds. The Balaban J connectivity index is 2.06. The van der Waals surface area contributed by atoms with Crippen molar-refractivity contribution < 1.29 is 9.59 Å². The summed E-state index contributed by atoms with van der Waals surface area (Å²) in [5.74, 6) is 0.0278. The van der Waals surface area contributed by atoms with E-state index in [1.165, 1.54) is 0 Å². The summed E-state index contributed by atoms with van der Waals surface area (Å²) in [6.07, 6.45) is 1.74. The molecule has 1 aromatic rings. The zero-order valence-electron chi connectivity index (χ0n) is 13.5. The highest BCUT2D eigenvalue weighted by molar-refractivity contribution is 5.96. The van der Waals surface area contributed by atoms with Gasteiger partial charge in [0.15, 0.2) is 0 Å². The molecule has 1 fully saturated rings. The van der Waals surface area contributed by atoms with Crippen LogP contribution in [0.5, 0.6) is 0 Å². The topological polar surface area (TPSA) is 70.2 Å². The van der Waals surface area contributed by atoms with Crippen molar-refractivity contribution in [1.82, 2.24) is 5.32 Å². The van der Waals surface area contributed by atoms with Gasteiger partial charge in [-0.15, -0.1) is 0 Å². The Bertz CT molecular complexity index is 549. The molecule has 2 rings (SSSR count). The van der Waals surface area contributed by atoms with Gasteiger partial charge in [0, 0.05) is 23.2 Å². The van der Waals surface area contributed by atoms with Crippen LogP contribution in [0.25, 0.3) is 0 Å². The van der Waals surface area contributed by atoms with Crippen LogP contribution < -0.4 is 16.0 Å². The quantitative estimate of drug-likeness (QED) is 0.800. The molecule has 1 aromatic carbocycles. The number of aryl methyl sites for hydroxylation is 1. The summed E-state index contributed by atoms with van der Waals surface area (Å²) in [6, 6.07) is 5.60. The Morgan fingerprint density at radius 1 is 1.18 bits per heavy atom. The van der Waals surface area contributed by atoms with Crippen molar-refractivity contribution in [1.29, 1.82) is 0 Å². The van der Waals surface area contributed by atoms with E-state index in [0.717, 1.165) is 37.2 Å². The number of carbonyl (C=O) groups excluding carboxylic acids is 2. The standard InChI is InChI=1S/C17H25N3O2/c1-11(2)16(21)19-14-5-4-12(3)15(10-14)20-17(22)13-6-8-18-9-7-13/h4-5,10-11,13,18H,6-9H2,1-3H3,(H,19,21)(H,20,22). The summed E-state index contributed by atoms with van der Waals surface area (Å²) in [7, 11) is 0. The summed E-state index contributed by atoms with van der Waals surface area (Å²) in [4.78, 5) is 24.1. The van der Waals surface area contributed by atoms with Gasteiger partial charge < -0.3 is 16.0 Å². The summed E-state index contributed by atoms with van der Waals surface area (Å²) in [5, 5.41) is 9.12. The molecule has 0 spiro atoms. The monoisotopic (exact) mass is 303 g/mol. The van der Waals surface area contributed by atoms with Crippen LogP contribution >= 0.6 is 0 Å².